The van der Waals surface area contributed by atoms with Crippen LogP contribution in [0.2, 0.25) is 0 Å². The number of ether oxygens (including phenoxy) is 1. The number of hydrogen-bond donors (Lipinski definition) is 1. The van der Waals surface area contributed by atoms with Crippen LogP contribution >= 0.6 is 11.8 Å². The number of para-hydroxylation sites is 2. The molecule has 1 heterocycles. The van der Waals surface area contributed by atoms with Crippen molar-refractivity contribution in [1.82, 2.24) is 14.8 Å². The molecule has 3 rings (SSSR count). The summed E-state index contributed by atoms with van der Waals surface area (Å²) in [4.78, 5) is 12.4. The van der Waals surface area contributed by atoms with Gasteiger partial charge in [-0.25, -0.2) is 0 Å². The van der Waals surface area contributed by atoms with E-state index in [-0.39, 0.29) is 5.91 Å². The van der Waals surface area contributed by atoms with Crippen LogP contribution < -0.4 is 10.1 Å². The molecule has 1 aliphatic carbocycles. The van der Waals surface area contributed by atoms with Gasteiger partial charge in [-0.15, -0.1) is 10.2 Å². The van der Waals surface area contributed by atoms with Crippen molar-refractivity contribution >= 4 is 23.4 Å². The van der Waals surface area contributed by atoms with Crippen LogP contribution in [0.5, 0.6) is 5.75 Å². The third kappa shape index (κ3) is 4.38. The zero-order chi connectivity index (χ0) is 18.4. The van der Waals surface area contributed by atoms with Crippen molar-refractivity contribution in [2.45, 2.75) is 57.1 Å². The summed E-state index contributed by atoms with van der Waals surface area (Å²) in [7, 11) is 0. The van der Waals surface area contributed by atoms with Gasteiger partial charge in [-0.1, -0.05) is 36.7 Å². The molecule has 1 aromatic carbocycles. The van der Waals surface area contributed by atoms with Gasteiger partial charge in [-0.3, -0.25) is 4.79 Å². The maximum atomic E-state index is 12.4. The number of thioether (sulfide) groups is 1. The summed E-state index contributed by atoms with van der Waals surface area (Å²) in [6.07, 6.45) is 4.92. The van der Waals surface area contributed by atoms with Crippen molar-refractivity contribution in [1.29, 1.82) is 0 Å². The Morgan fingerprint density at radius 3 is 2.77 bits per heavy atom. The lowest BCUT2D eigenvalue weighted by atomic mass is 10.1. The van der Waals surface area contributed by atoms with E-state index in [9.17, 15) is 4.79 Å². The Morgan fingerprint density at radius 2 is 2.04 bits per heavy atom. The monoisotopic (exact) mass is 374 g/mol. The Morgan fingerprint density at radius 1 is 1.27 bits per heavy atom. The van der Waals surface area contributed by atoms with Gasteiger partial charge in [0, 0.05) is 12.5 Å². The molecule has 1 aromatic heterocycles. The number of nitrogens with zero attached hydrogens (tertiary/aromatic N) is 3. The second kappa shape index (κ2) is 9.07. The topological polar surface area (TPSA) is 69.0 Å². The molecule has 6 nitrogen and oxygen atoms in total. The zero-order valence-electron chi connectivity index (χ0n) is 15.4. The number of rotatable bonds is 8. The van der Waals surface area contributed by atoms with Gasteiger partial charge in [-0.05, 0) is 38.8 Å². The summed E-state index contributed by atoms with van der Waals surface area (Å²) in [6, 6.07) is 7.48. The molecular weight excluding hydrogens is 348 g/mol. The molecule has 1 fully saturated rings. The van der Waals surface area contributed by atoms with Gasteiger partial charge in [0.2, 0.25) is 5.91 Å². The van der Waals surface area contributed by atoms with Gasteiger partial charge in [0.25, 0.3) is 0 Å². The number of nitrogens with one attached hydrogen (secondary N) is 1. The van der Waals surface area contributed by atoms with E-state index in [0.717, 1.165) is 17.5 Å². The van der Waals surface area contributed by atoms with Crippen LogP contribution in [0.15, 0.2) is 29.4 Å². The molecule has 26 heavy (non-hydrogen) atoms. The van der Waals surface area contributed by atoms with Gasteiger partial charge in [0.15, 0.2) is 5.16 Å². The fourth-order valence-electron chi connectivity index (χ4n) is 3.36. The fourth-order valence-corrected chi connectivity index (χ4v) is 4.17. The molecule has 0 aliphatic heterocycles. The molecule has 0 unspecified atom stereocenters. The molecule has 0 spiro atoms. The van der Waals surface area contributed by atoms with Gasteiger partial charge < -0.3 is 14.6 Å². The van der Waals surface area contributed by atoms with E-state index in [1.807, 2.05) is 31.2 Å². The van der Waals surface area contributed by atoms with E-state index < -0.39 is 0 Å². The molecular formula is C19H26N4O2S. The Hall–Kier alpha value is -2.02. The van der Waals surface area contributed by atoms with E-state index in [4.69, 9.17) is 4.74 Å². The van der Waals surface area contributed by atoms with E-state index in [2.05, 4.69) is 27.0 Å². The Labute approximate surface area is 158 Å². The molecule has 1 aliphatic rings. The first-order valence-electron chi connectivity index (χ1n) is 9.30. The van der Waals surface area contributed by atoms with Crippen molar-refractivity contribution in [3.8, 4) is 5.75 Å². The van der Waals surface area contributed by atoms with Crippen LogP contribution in [0.1, 0.15) is 51.3 Å². The normalized spacial score (nSPS) is 14.5. The highest BCUT2D eigenvalue weighted by molar-refractivity contribution is 7.99. The minimum Gasteiger partial charge on any atom is -0.492 e. The average molecular weight is 375 g/mol. The largest absolute Gasteiger partial charge is 0.492 e. The first-order chi connectivity index (χ1) is 12.7. The molecule has 1 saturated carbocycles. The van der Waals surface area contributed by atoms with Crippen LogP contribution in [0, 0.1) is 0 Å². The predicted octanol–water partition coefficient (Wildman–Crippen LogP) is 4.09. The second-order valence-electron chi connectivity index (χ2n) is 6.33. The summed E-state index contributed by atoms with van der Waals surface area (Å²) in [5.74, 6) is 2.51. The molecule has 0 radical (unpaired) electrons. The van der Waals surface area contributed by atoms with Crippen LogP contribution in [-0.2, 0) is 11.3 Å². The lowest BCUT2D eigenvalue weighted by Gasteiger charge is -2.12. The molecule has 0 bridgehead atoms. The van der Waals surface area contributed by atoms with Crippen LogP contribution in [0.3, 0.4) is 0 Å². The summed E-state index contributed by atoms with van der Waals surface area (Å²) in [6.45, 7) is 5.42. The van der Waals surface area contributed by atoms with Crippen molar-refractivity contribution in [3.63, 3.8) is 0 Å². The quantitative estimate of drug-likeness (QED) is 0.705. The zero-order valence-corrected chi connectivity index (χ0v) is 16.2. The number of anilines is 1. The maximum Gasteiger partial charge on any atom is 0.234 e. The molecule has 140 valence electrons. The molecule has 1 amide bonds. The van der Waals surface area contributed by atoms with Crippen molar-refractivity contribution in [2.24, 2.45) is 0 Å². The molecule has 1 N–H and O–H groups in total. The van der Waals surface area contributed by atoms with Gasteiger partial charge >= 0.3 is 0 Å². The first-order valence-corrected chi connectivity index (χ1v) is 10.3. The highest BCUT2D eigenvalue weighted by Crippen LogP contribution is 2.34. The van der Waals surface area contributed by atoms with Crippen molar-refractivity contribution in [3.05, 3.63) is 30.1 Å². The third-order valence-corrected chi connectivity index (χ3v) is 5.54. The molecule has 7 heteroatoms. The fraction of sp³-hybridized carbons (Fsp3) is 0.526. The Kier molecular flexibility index (Phi) is 6.55. The standard InChI is InChI=1S/C19H26N4O2S/c1-3-23-18(14-9-5-6-10-14)21-22-19(23)26-13-17(24)20-15-11-7-8-12-16(15)25-4-2/h7-8,11-12,14H,3-6,9-10,13H2,1-2H3,(H,20,24). The SMILES string of the molecule is CCOc1ccccc1NC(=O)CSc1nnc(C2CCCC2)n1CC. The highest BCUT2D eigenvalue weighted by atomic mass is 32.2. The van der Waals surface area contributed by atoms with Gasteiger partial charge in [0.1, 0.15) is 11.6 Å². The molecule has 2 aromatic rings. The number of benzene rings is 1. The second-order valence-corrected chi connectivity index (χ2v) is 7.27. The minimum absolute atomic E-state index is 0.0739. The number of amides is 1. The summed E-state index contributed by atoms with van der Waals surface area (Å²) in [5.41, 5.74) is 0.698. The molecule has 0 saturated heterocycles. The summed E-state index contributed by atoms with van der Waals surface area (Å²) >= 11 is 1.43. The Balaban J connectivity index is 1.61. The van der Waals surface area contributed by atoms with Crippen LogP contribution in [-0.4, -0.2) is 33.0 Å². The summed E-state index contributed by atoms with van der Waals surface area (Å²) in [5, 5.41) is 12.5. The predicted molar refractivity (Wildman–Crippen MR) is 104 cm³/mol. The van der Waals surface area contributed by atoms with E-state index in [1.165, 1.54) is 37.4 Å². The Bertz CT molecular complexity index is 741. The number of carbonyl (C=O) groups excluding carboxylic acids is 1. The average Bonchev–Trinajstić information content (AvgIpc) is 3.30. The van der Waals surface area contributed by atoms with Crippen LogP contribution in [0.25, 0.3) is 0 Å². The van der Waals surface area contributed by atoms with Crippen molar-refractivity contribution in [2.75, 3.05) is 17.7 Å². The lowest BCUT2D eigenvalue weighted by Crippen LogP contribution is -2.15. The maximum absolute atomic E-state index is 12.4. The summed E-state index contributed by atoms with van der Waals surface area (Å²) < 4.78 is 7.70. The van der Waals surface area contributed by atoms with E-state index in [0.29, 0.717) is 29.7 Å². The highest BCUT2D eigenvalue weighted by Gasteiger charge is 2.24. The van der Waals surface area contributed by atoms with Crippen molar-refractivity contribution < 1.29 is 9.53 Å². The number of carbonyl (C=O) groups is 1. The van der Waals surface area contributed by atoms with Gasteiger partial charge in [-0.2, -0.15) is 0 Å². The smallest absolute Gasteiger partial charge is 0.234 e. The first kappa shape index (κ1) is 18.8. The lowest BCUT2D eigenvalue weighted by molar-refractivity contribution is -0.113. The van der Waals surface area contributed by atoms with E-state index >= 15 is 0 Å². The number of aromatic nitrogens is 3. The van der Waals surface area contributed by atoms with E-state index in [1.54, 1.807) is 0 Å². The minimum atomic E-state index is -0.0739. The third-order valence-electron chi connectivity index (χ3n) is 4.58. The molecule has 0 atom stereocenters. The van der Waals surface area contributed by atoms with Gasteiger partial charge in [0.05, 0.1) is 18.0 Å². The number of hydrogen-bond acceptors (Lipinski definition) is 5. The van der Waals surface area contributed by atoms with Crippen LogP contribution in [0.4, 0.5) is 5.69 Å².